The molecule has 0 aliphatic carbocycles. The van der Waals surface area contributed by atoms with Gasteiger partial charge in [-0.25, -0.2) is 4.68 Å². The van der Waals surface area contributed by atoms with Gasteiger partial charge >= 0.3 is 0 Å². The molecule has 19 heavy (non-hydrogen) atoms. The van der Waals surface area contributed by atoms with E-state index in [1.165, 1.54) is 10.9 Å². The first-order valence-electron chi connectivity index (χ1n) is 6.56. The highest BCUT2D eigenvalue weighted by Gasteiger charge is 2.22. The third kappa shape index (κ3) is 4.81. The van der Waals surface area contributed by atoms with Crippen molar-refractivity contribution in [3.8, 4) is 0 Å². The lowest BCUT2D eigenvalue weighted by Crippen LogP contribution is -2.25. The van der Waals surface area contributed by atoms with Crippen LogP contribution in [-0.4, -0.2) is 33.2 Å². The van der Waals surface area contributed by atoms with Gasteiger partial charge in [-0.2, -0.15) is 0 Å². The Hall–Kier alpha value is -1.72. The van der Waals surface area contributed by atoms with Crippen molar-refractivity contribution in [1.82, 2.24) is 20.3 Å². The molecule has 1 aromatic rings. The number of ketones is 1. The van der Waals surface area contributed by atoms with Crippen LogP contribution in [0, 0.1) is 5.41 Å². The van der Waals surface area contributed by atoms with Crippen LogP contribution in [0.15, 0.2) is 6.20 Å². The van der Waals surface area contributed by atoms with Gasteiger partial charge in [0.1, 0.15) is 6.54 Å². The summed E-state index contributed by atoms with van der Waals surface area (Å²) in [6.45, 7) is 8.38. The molecule has 0 aliphatic heterocycles. The number of hydrogen-bond acceptors (Lipinski definition) is 4. The summed E-state index contributed by atoms with van der Waals surface area (Å²) < 4.78 is 1.41. The molecule has 0 atom stereocenters. The molecule has 0 saturated heterocycles. The third-order valence-electron chi connectivity index (χ3n) is 2.73. The van der Waals surface area contributed by atoms with E-state index in [9.17, 15) is 9.59 Å². The molecular weight excluding hydrogens is 244 g/mol. The van der Waals surface area contributed by atoms with Gasteiger partial charge in [-0.3, -0.25) is 9.59 Å². The summed E-state index contributed by atoms with van der Waals surface area (Å²) in [6, 6.07) is 0. The number of aromatic nitrogens is 3. The molecule has 0 fully saturated rings. The smallest absolute Gasteiger partial charge is 0.273 e. The van der Waals surface area contributed by atoms with Crippen molar-refractivity contribution in [3.05, 3.63) is 11.9 Å². The zero-order chi connectivity index (χ0) is 14.5. The Morgan fingerprint density at radius 1 is 1.37 bits per heavy atom. The Balaban J connectivity index is 2.57. The third-order valence-corrected chi connectivity index (χ3v) is 2.73. The summed E-state index contributed by atoms with van der Waals surface area (Å²) >= 11 is 0. The first kappa shape index (κ1) is 15.3. The van der Waals surface area contributed by atoms with Gasteiger partial charge in [0.25, 0.3) is 5.91 Å². The van der Waals surface area contributed by atoms with Crippen LogP contribution in [0.4, 0.5) is 0 Å². The minimum absolute atomic E-state index is 0.0512. The molecule has 6 nitrogen and oxygen atoms in total. The SMILES string of the molecule is CCCCNC(=O)c1cn(CC(=O)C(C)(C)C)nn1. The van der Waals surface area contributed by atoms with E-state index in [0.29, 0.717) is 6.54 Å². The van der Waals surface area contributed by atoms with E-state index in [1.807, 2.05) is 20.8 Å². The fourth-order valence-electron chi connectivity index (χ4n) is 1.33. The molecule has 0 unspecified atom stereocenters. The Bertz CT molecular complexity index is 446. The maximum Gasteiger partial charge on any atom is 0.273 e. The summed E-state index contributed by atoms with van der Waals surface area (Å²) in [5, 5.41) is 10.3. The molecule has 0 aliphatic rings. The van der Waals surface area contributed by atoms with E-state index in [1.54, 1.807) is 0 Å². The summed E-state index contributed by atoms with van der Waals surface area (Å²) in [7, 11) is 0. The fraction of sp³-hybridized carbons (Fsp3) is 0.692. The number of rotatable bonds is 6. The molecule has 0 saturated carbocycles. The van der Waals surface area contributed by atoms with E-state index < -0.39 is 5.41 Å². The number of carbonyl (C=O) groups is 2. The molecule has 0 bridgehead atoms. The van der Waals surface area contributed by atoms with Gasteiger partial charge in [-0.05, 0) is 6.42 Å². The van der Waals surface area contributed by atoms with Crippen LogP contribution >= 0.6 is 0 Å². The first-order chi connectivity index (χ1) is 8.84. The van der Waals surface area contributed by atoms with Crippen LogP contribution in [0.3, 0.4) is 0 Å². The van der Waals surface area contributed by atoms with Gasteiger partial charge in [0.05, 0.1) is 6.20 Å². The molecule has 1 heterocycles. The average Bonchev–Trinajstić information content (AvgIpc) is 2.76. The lowest BCUT2D eigenvalue weighted by atomic mass is 9.91. The summed E-state index contributed by atoms with van der Waals surface area (Å²) in [4.78, 5) is 23.5. The van der Waals surface area contributed by atoms with Crippen molar-refractivity contribution in [1.29, 1.82) is 0 Å². The van der Waals surface area contributed by atoms with E-state index in [0.717, 1.165) is 12.8 Å². The highest BCUT2D eigenvalue weighted by atomic mass is 16.2. The molecule has 0 radical (unpaired) electrons. The van der Waals surface area contributed by atoms with Gasteiger partial charge in [-0.15, -0.1) is 5.10 Å². The van der Waals surface area contributed by atoms with Gasteiger partial charge in [0.2, 0.25) is 0 Å². The van der Waals surface area contributed by atoms with Crippen LogP contribution in [-0.2, 0) is 11.3 Å². The monoisotopic (exact) mass is 266 g/mol. The molecule has 1 rings (SSSR count). The Morgan fingerprint density at radius 3 is 2.63 bits per heavy atom. The number of carbonyl (C=O) groups excluding carboxylic acids is 2. The molecule has 1 aromatic heterocycles. The first-order valence-corrected chi connectivity index (χ1v) is 6.56. The van der Waals surface area contributed by atoms with Crippen molar-refractivity contribution in [3.63, 3.8) is 0 Å². The van der Waals surface area contributed by atoms with Crippen molar-refractivity contribution in [2.45, 2.75) is 47.1 Å². The molecular formula is C13H22N4O2. The second kappa shape index (κ2) is 6.45. The van der Waals surface area contributed by atoms with E-state index >= 15 is 0 Å². The Kier molecular flexibility index (Phi) is 5.20. The lowest BCUT2D eigenvalue weighted by molar-refractivity contribution is -0.127. The average molecular weight is 266 g/mol. The Labute approximate surface area is 113 Å². The largest absolute Gasteiger partial charge is 0.351 e. The summed E-state index contributed by atoms with van der Waals surface area (Å²) in [5.41, 5.74) is -0.173. The van der Waals surface area contributed by atoms with E-state index in [4.69, 9.17) is 0 Å². The van der Waals surface area contributed by atoms with Crippen LogP contribution in [0.2, 0.25) is 0 Å². The minimum atomic E-state index is -0.421. The van der Waals surface area contributed by atoms with Crippen molar-refractivity contribution < 1.29 is 9.59 Å². The van der Waals surface area contributed by atoms with E-state index in [2.05, 4.69) is 22.6 Å². The number of nitrogens with zero attached hydrogens (tertiary/aromatic N) is 3. The van der Waals surface area contributed by atoms with Gasteiger partial charge in [0.15, 0.2) is 11.5 Å². The van der Waals surface area contributed by atoms with Crippen molar-refractivity contribution in [2.24, 2.45) is 5.41 Å². The standard InChI is InChI=1S/C13H22N4O2/c1-5-6-7-14-12(19)10-8-17(16-15-10)9-11(18)13(2,3)4/h8H,5-7,9H2,1-4H3,(H,14,19). The molecule has 106 valence electrons. The molecule has 6 heteroatoms. The van der Waals surface area contributed by atoms with Gasteiger partial charge in [-0.1, -0.05) is 39.3 Å². The lowest BCUT2D eigenvalue weighted by Gasteiger charge is -2.15. The second-order valence-electron chi connectivity index (χ2n) is 5.58. The fourth-order valence-corrected chi connectivity index (χ4v) is 1.33. The quantitative estimate of drug-likeness (QED) is 0.790. The number of amides is 1. The van der Waals surface area contributed by atoms with Gasteiger partial charge in [0, 0.05) is 12.0 Å². The van der Waals surface area contributed by atoms with Crippen molar-refractivity contribution in [2.75, 3.05) is 6.54 Å². The minimum Gasteiger partial charge on any atom is -0.351 e. The van der Waals surface area contributed by atoms with Gasteiger partial charge < -0.3 is 5.32 Å². The Morgan fingerprint density at radius 2 is 2.05 bits per heavy atom. The van der Waals surface area contributed by atoms with Crippen LogP contribution in [0.1, 0.15) is 51.0 Å². The number of unbranched alkanes of at least 4 members (excludes halogenated alkanes) is 1. The molecule has 0 spiro atoms. The second-order valence-corrected chi connectivity index (χ2v) is 5.58. The topological polar surface area (TPSA) is 76.9 Å². The maximum absolute atomic E-state index is 11.8. The van der Waals surface area contributed by atoms with E-state index in [-0.39, 0.29) is 23.9 Å². The maximum atomic E-state index is 11.8. The molecule has 1 amide bonds. The molecule has 0 aromatic carbocycles. The zero-order valence-corrected chi connectivity index (χ0v) is 12.1. The summed E-state index contributed by atoms with van der Waals surface area (Å²) in [6.07, 6.45) is 3.46. The predicted octanol–water partition coefficient (Wildman–Crippen LogP) is 1.42. The highest BCUT2D eigenvalue weighted by molar-refractivity contribution is 5.92. The summed E-state index contributed by atoms with van der Waals surface area (Å²) in [5.74, 6) is -0.196. The number of nitrogens with one attached hydrogen (secondary N) is 1. The predicted molar refractivity (Wildman–Crippen MR) is 71.7 cm³/mol. The number of hydrogen-bond donors (Lipinski definition) is 1. The van der Waals surface area contributed by atoms with Crippen LogP contribution in [0.25, 0.3) is 0 Å². The van der Waals surface area contributed by atoms with Crippen LogP contribution in [0.5, 0.6) is 0 Å². The molecule has 1 N–H and O–H groups in total. The van der Waals surface area contributed by atoms with Crippen molar-refractivity contribution >= 4 is 11.7 Å². The normalized spacial score (nSPS) is 11.4. The van der Waals surface area contributed by atoms with Crippen LogP contribution < -0.4 is 5.32 Å². The number of Topliss-reactive ketones (excluding diaryl/α,β-unsaturated/α-hetero) is 1. The zero-order valence-electron chi connectivity index (χ0n) is 12.1. The highest BCUT2D eigenvalue weighted by Crippen LogP contribution is 2.15.